The van der Waals surface area contributed by atoms with E-state index in [4.69, 9.17) is 0 Å². The Labute approximate surface area is 97.8 Å². The normalized spacial score (nSPS) is 34.0. The van der Waals surface area contributed by atoms with Crippen molar-refractivity contribution in [1.82, 2.24) is 0 Å². The molecule has 0 bridgehead atoms. The molecular formula is C14H22O2. The number of ketones is 2. The molecule has 2 fully saturated rings. The standard InChI is InChI=1S/C14H22O2/c1-9(2)11-5-4-10(3)8-14(11)12(15)6-7-13(14)16/h9-11H,4-8H2,1-3H3. The first kappa shape index (κ1) is 11.8. The van der Waals surface area contributed by atoms with Gasteiger partial charge in [-0.1, -0.05) is 27.2 Å². The van der Waals surface area contributed by atoms with E-state index < -0.39 is 5.41 Å². The predicted octanol–water partition coefficient (Wildman–Crippen LogP) is 3.00. The summed E-state index contributed by atoms with van der Waals surface area (Å²) in [5.41, 5.74) is -0.578. The molecule has 90 valence electrons. The van der Waals surface area contributed by atoms with E-state index in [0.29, 0.717) is 30.6 Å². The molecule has 0 aromatic heterocycles. The van der Waals surface area contributed by atoms with Gasteiger partial charge in [0.15, 0.2) is 0 Å². The smallest absolute Gasteiger partial charge is 0.147 e. The summed E-state index contributed by atoms with van der Waals surface area (Å²) in [7, 11) is 0. The summed E-state index contributed by atoms with van der Waals surface area (Å²) in [6.45, 7) is 6.49. The Kier molecular flexibility index (Phi) is 2.93. The fraction of sp³-hybridized carbons (Fsp3) is 0.857. The van der Waals surface area contributed by atoms with Crippen molar-refractivity contribution in [3.05, 3.63) is 0 Å². The molecule has 2 saturated carbocycles. The van der Waals surface area contributed by atoms with Gasteiger partial charge < -0.3 is 0 Å². The molecule has 0 radical (unpaired) electrons. The van der Waals surface area contributed by atoms with Gasteiger partial charge in [-0.2, -0.15) is 0 Å². The highest BCUT2D eigenvalue weighted by Crippen LogP contribution is 2.52. The monoisotopic (exact) mass is 222 g/mol. The third-order valence-corrected chi connectivity index (χ3v) is 4.65. The van der Waals surface area contributed by atoms with Crippen LogP contribution < -0.4 is 0 Å². The van der Waals surface area contributed by atoms with E-state index in [2.05, 4.69) is 20.8 Å². The van der Waals surface area contributed by atoms with E-state index in [1.807, 2.05) is 0 Å². The van der Waals surface area contributed by atoms with Crippen LogP contribution in [0.2, 0.25) is 0 Å². The average molecular weight is 222 g/mol. The molecular weight excluding hydrogens is 200 g/mol. The van der Waals surface area contributed by atoms with Crippen LogP contribution in [-0.4, -0.2) is 11.6 Å². The second-order valence-electron chi connectivity index (χ2n) is 6.05. The fourth-order valence-electron chi connectivity index (χ4n) is 3.89. The first-order chi connectivity index (χ1) is 7.48. The zero-order valence-corrected chi connectivity index (χ0v) is 10.6. The molecule has 2 rings (SSSR count). The average Bonchev–Trinajstić information content (AvgIpc) is 2.47. The number of carbonyl (C=O) groups excluding carboxylic acids is 2. The van der Waals surface area contributed by atoms with Gasteiger partial charge >= 0.3 is 0 Å². The van der Waals surface area contributed by atoms with Gasteiger partial charge in [0.2, 0.25) is 0 Å². The summed E-state index contributed by atoms with van der Waals surface area (Å²) in [6, 6.07) is 0. The van der Waals surface area contributed by atoms with Gasteiger partial charge in [0.25, 0.3) is 0 Å². The molecule has 2 aliphatic rings. The molecule has 0 aromatic carbocycles. The second kappa shape index (κ2) is 3.97. The molecule has 2 heteroatoms. The van der Waals surface area contributed by atoms with Crippen LogP contribution in [0.1, 0.15) is 52.9 Å². The SMILES string of the molecule is CC1CCC(C(C)C)C2(C1)C(=O)CCC2=O. The van der Waals surface area contributed by atoms with Crippen molar-refractivity contribution in [2.24, 2.45) is 23.2 Å². The summed E-state index contributed by atoms with van der Waals surface area (Å²) in [5.74, 6) is 1.75. The van der Waals surface area contributed by atoms with E-state index >= 15 is 0 Å². The molecule has 1 spiro atoms. The summed E-state index contributed by atoms with van der Waals surface area (Å²) >= 11 is 0. The first-order valence-electron chi connectivity index (χ1n) is 6.55. The summed E-state index contributed by atoms with van der Waals surface area (Å²) in [5, 5.41) is 0. The number of carbonyl (C=O) groups is 2. The highest BCUT2D eigenvalue weighted by molar-refractivity contribution is 6.13. The van der Waals surface area contributed by atoms with Gasteiger partial charge in [-0.3, -0.25) is 9.59 Å². The van der Waals surface area contributed by atoms with Crippen molar-refractivity contribution >= 4 is 11.6 Å². The van der Waals surface area contributed by atoms with E-state index in [1.54, 1.807) is 0 Å². The van der Waals surface area contributed by atoms with Crippen molar-refractivity contribution < 1.29 is 9.59 Å². The van der Waals surface area contributed by atoms with Gasteiger partial charge in [-0.25, -0.2) is 0 Å². The van der Waals surface area contributed by atoms with Gasteiger partial charge in [-0.05, 0) is 30.6 Å². The number of hydrogen-bond donors (Lipinski definition) is 0. The van der Waals surface area contributed by atoms with Crippen molar-refractivity contribution in [2.45, 2.75) is 52.9 Å². The lowest BCUT2D eigenvalue weighted by Crippen LogP contribution is -2.47. The van der Waals surface area contributed by atoms with Crippen LogP contribution in [0.3, 0.4) is 0 Å². The molecule has 2 unspecified atom stereocenters. The van der Waals surface area contributed by atoms with Crippen LogP contribution in [0, 0.1) is 23.2 Å². The molecule has 0 aromatic rings. The highest BCUT2D eigenvalue weighted by Gasteiger charge is 2.56. The molecule has 2 atom stereocenters. The summed E-state index contributed by atoms with van der Waals surface area (Å²) < 4.78 is 0. The Bertz CT molecular complexity index is 301. The molecule has 2 nitrogen and oxygen atoms in total. The Hall–Kier alpha value is -0.660. The zero-order valence-electron chi connectivity index (χ0n) is 10.6. The van der Waals surface area contributed by atoms with Gasteiger partial charge in [-0.15, -0.1) is 0 Å². The highest BCUT2D eigenvalue weighted by atomic mass is 16.2. The van der Waals surface area contributed by atoms with E-state index in [9.17, 15) is 9.59 Å². The van der Waals surface area contributed by atoms with E-state index in [-0.39, 0.29) is 11.6 Å². The Morgan fingerprint density at radius 1 is 1.12 bits per heavy atom. The lowest BCUT2D eigenvalue weighted by Gasteiger charge is -2.43. The Balaban J connectivity index is 2.38. The largest absolute Gasteiger partial charge is 0.299 e. The van der Waals surface area contributed by atoms with Crippen molar-refractivity contribution in [3.63, 3.8) is 0 Å². The van der Waals surface area contributed by atoms with E-state index in [0.717, 1.165) is 12.8 Å². The minimum absolute atomic E-state index is 0.239. The molecule has 0 heterocycles. The maximum Gasteiger partial charge on any atom is 0.147 e. The van der Waals surface area contributed by atoms with Crippen molar-refractivity contribution in [3.8, 4) is 0 Å². The van der Waals surface area contributed by atoms with Crippen LogP contribution in [-0.2, 0) is 9.59 Å². The third kappa shape index (κ3) is 1.54. The quantitative estimate of drug-likeness (QED) is 0.639. The minimum Gasteiger partial charge on any atom is -0.299 e. The Morgan fingerprint density at radius 3 is 2.19 bits per heavy atom. The van der Waals surface area contributed by atoms with Crippen molar-refractivity contribution in [2.75, 3.05) is 0 Å². The predicted molar refractivity (Wildman–Crippen MR) is 63.0 cm³/mol. The maximum absolute atomic E-state index is 12.2. The van der Waals surface area contributed by atoms with Crippen LogP contribution >= 0.6 is 0 Å². The third-order valence-electron chi connectivity index (χ3n) is 4.65. The van der Waals surface area contributed by atoms with E-state index in [1.165, 1.54) is 6.42 Å². The Morgan fingerprint density at radius 2 is 1.69 bits per heavy atom. The molecule has 16 heavy (non-hydrogen) atoms. The topological polar surface area (TPSA) is 34.1 Å². The van der Waals surface area contributed by atoms with Crippen LogP contribution in [0.15, 0.2) is 0 Å². The lowest BCUT2D eigenvalue weighted by atomic mass is 9.58. The van der Waals surface area contributed by atoms with Crippen LogP contribution in [0.5, 0.6) is 0 Å². The van der Waals surface area contributed by atoms with Gasteiger partial charge in [0, 0.05) is 12.8 Å². The minimum atomic E-state index is -0.578. The van der Waals surface area contributed by atoms with Crippen LogP contribution in [0.4, 0.5) is 0 Å². The number of hydrogen-bond acceptors (Lipinski definition) is 2. The first-order valence-corrected chi connectivity index (χ1v) is 6.55. The second-order valence-corrected chi connectivity index (χ2v) is 6.05. The van der Waals surface area contributed by atoms with Crippen LogP contribution in [0.25, 0.3) is 0 Å². The molecule has 0 amide bonds. The molecule has 0 aliphatic heterocycles. The molecule has 2 aliphatic carbocycles. The lowest BCUT2D eigenvalue weighted by molar-refractivity contribution is -0.144. The van der Waals surface area contributed by atoms with Gasteiger partial charge in [0.1, 0.15) is 11.6 Å². The number of Topliss-reactive ketones (excluding diaryl/α,β-unsaturated/α-hetero) is 2. The van der Waals surface area contributed by atoms with Crippen molar-refractivity contribution in [1.29, 1.82) is 0 Å². The summed E-state index contributed by atoms with van der Waals surface area (Å²) in [4.78, 5) is 24.4. The summed E-state index contributed by atoms with van der Waals surface area (Å²) in [6.07, 6.45) is 4.03. The number of rotatable bonds is 1. The fourth-order valence-corrected chi connectivity index (χ4v) is 3.89. The molecule has 0 saturated heterocycles. The maximum atomic E-state index is 12.2. The molecule has 0 N–H and O–H groups in total. The van der Waals surface area contributed by atoms with Gasteiger partial charge in [0.05, 0.1) is 5.41 Å². The zero-order chi connectivity index (χ0) is 11.9.